The number of benzene rings is 2. The van der Waals surface area contributed by atoms with Crippen molar-refractivity contribution >= 4 is 35.3 Å². The molecule has 0 unspecified atom stereocenters. The molecular formula is C21H18ClFN4O2. The van der Waals surface area contributed by atoms with Gasteiger partial charge < -0.3 is 9.88 Å². The molecule has 0 fully saturated rings. The van der Waals surface area contributed by atoms with Gasteiger partial charge in [-0.2, -0.15) is 5.10 Å². The van der Waals surface area contributed by atoms with Gasteiger partial charge in [-0.15, -0.1) is 0 Å². The number of amides is 2. The number of hydrogen-bond donors (Lipinski definition) is 2. The maximum atomic E-state index is 13.5. The Hall–Kier alpha value is -3.45. The lowest BCUT2D eigenvalue weighted by Crippen LogP contribution is -2.32. The molecule has 0 saturated heterocycles. The summed E-state index contributed by atoms with van der Waals surface area (Å²) in [6.07, 6.45) is 1.45. The van der Waals surface area contributed by atoms with Gasteiger partial charge in [0.25, 0.3) is 0 Å². The van der Waals surface area contributed by atoms with Gasteiger partial charge in [0.1, 0.15) is 5.82 Å². The Bertz CT molecular complexity index is 1090. The smallest absolute Gasteiger partial charge is 0.318 e. The molecule has 1 heterocycles. The predicted molar refractivity (Wildman–Crippen MR) is 111 cm³/mol. The molecule has 0 aliphatic carbocycles. The molecule has 0 radical (unpaired) electrons. The van der Waals surface area contributed by atoms with Gasteiger partial charge in [0.05, 0.1) is 11.9 Å². The Kier molecular flexibility index (Phi) is 6.09. The lowest BCUT2D eigenvalue weighted by Gasteiger charge is -2.09. The molecule has 2 aromatic carbocycles. The third kappa shape index (κ3) is 4.70. The molecule has 0 aliphatic heterocycles. The van der Waals surface area contributed by atoms with Crippen LogP contribution >= 0.6 is 11.6 Å². The Morgan fingerprint density at radius 2 is 1.76 bits per heavy atom. The van der Waals surface area contributed by atoms with E-state index in [1.165, 1.54) is 24.4 Å². The molecule has 3 rings (SSSR count). The summed E-state index contributed by atoms with van der Waals surface area (Å²) in [6, 6.07) is 14.9. The molecule has 3 aromatic rings. The molecule has 2 N–H and O–H groups in total. The Morgan fingerprint density at radius 1 is 1.07 bits per heavy atom. The van der Waals surface area contributed by atoms with E-state index in [0.29, 0.717) is 5.02 Å². The minimum absolute atomic E-state index is 0.0804. The first-order valence-electron chi connectivity index (χ1n) is 8.70. The van der Waals surface area contributed by atoms with E-state index in [1.807, 2.05) is 36.6 Å². The Morgan fingerprint density at radius 3 is 2.45 bits per heavy atom. The zero-order chi connectivity index (χ0) is 21.0. The van der Waals surface area contributed by atoms with Crippen LogP contribution < -0.4 is 10.7 Å². The van der Waals surface area contributed by atoms with Crippen molar-refractivity contribution in [2.24, 2.45) is 5.10 Å². The van der Waals surface area contributed by atoms with E-state index < -0.39 is 17.6 Å². The normalized spacial score (nSPS) is 10.9. The largest absolute Gasteiger partial charge is 0.329 e. The highest BCUT2D eigenvalue weighted by molar-refractivity contribution is 6.39. The quantitative estimate of drug-likeness (QED) is 0.386. The van der Waals surface area contributed by atoms with Gasteiger partial charge >= 0.3 is 11.8 Å². The average molecular weight is 413 g/mol. The van der Waals surface area contributed by atoms with Crippen LogP contribution in [0.15, 0.2) is 59.7 Å². The predicted octanol–water partition coefficient (Wildman–Crippen LogP) is 3.98. The number of para-hydroxylation sites is 1. The van der Waals surface area contributed by atoms with Gasteiger partial charge in [-0.3, -0.25) is 9.59 Å². The van der Waals surface area contributed by atoms with Crippen LogP contribution in [-0.4, -0.2) is 22.6 Å². The Balaban J connectivity index is 1.68. The topological polar surface area (TPSA) is 75.5 Å². The first kappa shape index (κ1) is 20.3. The highest BCUT2D eigenvalue weighted by atomic mass is 35.5. The molecule has 0 bridgehead atoms. The summed E-state index contributed by atoms with van der Waals surface area (Å²) >= 11 is 5.94. The van der Waals surface area contributed by atoms with Crippen molar-refractivity contribution in [1.29, 1.82) is 0 Å². The average Bonchev–Trinajstić information content (AvgIpc) is 2.97. The van der Waals surface area contributed by atoms with Crippen molar-refractivity contribution in [2.75, 3.05) is 5.32 Å². The fourth-order valence-corrected chi connectivity index (χ4v) is 2.98. The van der Waals surface area contributed by atoms with Crippen LogP contribution in [0.1, 0.15) is 17.0 Å². The lowest BCUT2D eigenvalue weighted by atomic mass is 10.2. The number of aryl methyl sites for hydroxylation is 1. The van der Waals surface area contributed by atoms with Gasteiger partial charge in [-0.25, -0.2) is 9.82 Å². The second-order valence-electron chi connectivity index (χ2n) is 6.27. The summed E-state index contributed by atoms with van der Waals surface area (Å²) in [5, 5.41) is 6.68. The lowest BCUT2D eigenvalue weighted by molar-refractivity contribution is -0.136. The number of nitrogens with zero attached hydrogens (tertiary/aromatic N) is 2. The highest BCUT2D eigenvalue weighted by Crippen LogP contribution is 2.21. The number of nitrogens with one attached hydrogen (secondary N) is 2. The van der Waals surface area contributed by atoms with Crippen molar-refractivity contribution in [2.45, 2.75) is 13.8 Å². The van der Waals surface area contributed by atoms with Crippen LogP contribution in [0.3, 0.4) is 0 Å². The molecule has 2 amide bonds. The number of carbonyl (C=O) groups excluding carboxylic acids is 2. The van der Waals surface area contributed by atoms with Crippen LogP contribution in [0.2, 0.25) is 5.02 Å². The zero-order valence-electron chi connectivity index (χ0n) is 15.7. The summed E-state index contributed by atoms with van der Waals surface area (Å²) in [7, 11) is 0. The third-order valence-electron chi connectivity index (χ3n) is 4.25. The fraction of sp³-hybridized carbons (Fsp3) is 0.0952. The molecule has 8 heteroatoms. The second-order valence-corrected chi connectivity index (χ2v) is 6.71. The minimum atomic E-state index is -1.01. The SMILES string of the molecule is Cc1cc(/C=N\NC(=O)C(=O)Nc2ccccc2F)c(C)n1-c1ccc(Cl)cc1. The van der Waals surface area contributed by atoms with Gasteiger partial charge in [-0.1, -0.05) is 23.7 Å². The standard InChI is InChI=1S/C21H18ClFN4O2/c1-13-11-15(14(2)27(13)17-9-7-16(22)8-10-17)12-24-26-21(29)20(28)25-19-6-4-3-5-18(19)23/h3-12H,1-2H3,(H,25,28)(H,26,29)/b24-12-. The molecule has 0 spiro atoms. The summed E-state index contributed by atoms with van der Waals surface area (Å²) < 4.78 is 15.6. The number of rotatable bonds is 4. The maximum absolute atomic E-state index is 13.5. The highest BCUT2D eigenvalue weighted by Gasteiger charge is 2.15. The summed E-state index contributed by atoms with van der Waals surface area (Å²) in [5.74, 6) is -2.65. The number of halogens is 2. The zero-order valence-corrected chi connectivity index (χ0v) is 16.5. The Labute approximate surface area is 172 Å². The molecule has 0 atom stereocenters. The van der Waals surface area contributed by atoms with Crippen LogP contribution in [0, 0.1) is 19.7 Å². The summed E-state index contributed by atoms with van der Waals surface area (Å²) in [4.78, 5) is 23.7. The maximum Gasteiger partial charge on any atom is 0.329 e. The van der Waals surface area contributed by atoms with E-state index >= 15 is 0 Å². The van der Waals surface area contributed by atoms with Crippen LogP contribution in [0.25, 0.3) is 5.69 Å². The number of anilines is 1. The summed E-state index contributed by atoms with van der Waals surface area (Å²) in [6.45, 7) is 3.86. The van der Waals surface area contributed by atoms with E-state index in [-0.39, 0.29) is 5.69 Å². The first-order valence-corrected chi connectivity index (χ1v) is 9.08. The first-order chi connectivity index (χ1) is 13.9. The number of carbonyl (C=O) groups is 2. The van der Waals surface area contributed by atoms with Crippen molar-refractivity contribution < 1.29 is 14.0 Å². The minimum Gasteiger partial charge on any atom is -0.318 e. The molecule has 148 valence electrons. The summed E-state index contributed by atoms with van der Waals surface area (Å²) in [5.41, 5.74) is 5.64. The van der Waals surface area contributed by atoms with Crippen LogP contribution in [-0.2, 0) is 9.59 Å². The van der Waals surface area contributed by atoms with E-state index in [2.05, 4.69) is 15.8 Å². The molecule has 0 aliphatic rings. The van der Waals surface area contributed by atoms with Crippen molar-refractivity contribution in [3.63, 3.8) is 0 Å². The fourth-order valence-electron chi connectivity index (χ4n) is 2.86. The van der Waals surface area contributed by atoms with Crippen molar-refractivity contribution in [3.05, 3.63) is 82.4 Å². The molecule has 1 aromatic heterocycles. The van der Waals surface area contributed by atoms with Gasteiger partial charge in [-0.05, 0) is 56.3 Å². The molecular weight excluding hydrogens is 395 g/mol. The van der Waals surface area contributed by atoms with E-state index in [1.54, 1.807) is 18.2 Å². The monoisotopic (exact) mass is 412 g/mol. The van der Waals surface area contributed by atoms with Gasteiger partial charge in [0, 0.05) is 27.7 Å². The second kappa shape index (κ2) is 8.70. The van der Waals surface area contributed by atoms with Crippen molar-refractivity contribution in [1.82, 2.24) is 9.99 Å². The van der Waals surface area contributed by atoms with E-state index in [4.69, 9.17) is 11.6 Å². The van der Waals surface area contributed by atoms with Crippen molar-refractivity contribution in [3.8, 4) is 5.69 Å². The molecule has 6 nitrogen and oxygen atoms in total. The van der Waals surface area contributed by atoms with Gasteiger partial charge in [0.15, 0.2) is 0 Å². The number of hydrogen-bond acceptors (Lipinski definition) is 3. The van der Waals surface area contributed by atoms with E-state index in [9.17, 15) is 14.0 Å². The van der Waals surface area contributed by atoms with Gasteiger partial charge in [0.2, 0.25) is 0 Å². The number of hydrazone groups is 1. The molecule has 29 heavy (non-hydrogen) atoms. The van der Waals surface area contributed by atoms with Crippen LogP contribution in [0.4, 0.5) is 10.1 Å². The third-order valence-corrected chi connectivity index (χ3v) is 4.51. The van der Waals surface area contributed by atoms with E-state index in [0.717, 1.165) is 22.6 Å². The van der Waals surface area contributed by atoms with Crippen LogP contribution in [0.5, 0.6) is 0 Å². The number of aromatic nitrogens is 1. The molecule has 0 saturated carbocycles.